The molecule has 1 amide bonds. The zero-order valence-corrected chi connectivity index (χ0v) is 11.0. The minimum Gasteiger partial charge on any atom is -0.481 e. The Balaban J connectivity index is 2.40. The predicted octanol–water partition coefficient (Wildman–Crippen LogP) is 0.375. The summed E-state index contributed by atoms with van der Waals surface area (Å²) in [6.45, 7) is -0.106. The van der Waals surface area contributed by atoms with Crippen molar-refractivity contribution in [3.63, 3.8) is 0 Å². The van der Waals surface area contributed by atoms with Crippen LogP contribution in [0.15, 0.2) is 10.8 Å². The minimum absolute atomic E-state index is 0.106. The lowest BCUT2D eigenvalue weighted by Gasteiger charge is -2.16. The van der Waals surface area contributed by atoms with Crippen LogP contribution in [-0.2, 0) is 9.59 Å². The second kappa shape index (κ2) is 4.92. The second-order valence-electron chi connectivity index (χ2n) is 3.91. The average Bonchev–Trinajstić information content (AvgIpc) is 2.71. The van der Waals surface area contributed by atoms with Crippen molar-refractivity contribution >= 4 is 39.6 Å². The molecule has 1 aliphatic rings. The minimum atomic E-state index is -1.34. The molecule has 0 radical (unpaired) electrons. The van der Waals surface area contributed by atoms with Crippen LogP contribution in [0.5, 0.6) is 0 Å². The van der Waals surface area contributed by atoms with E-state index >= 15 is 0 Å². The van der Waals surface area contributed by atoms with Crippen molar-refractivity contribution in [3.8, 4) is 0 Å². The van der Waals surface area contributed by atoms with Crippen molar-refractivity contribution in [2.45, 2.75) is 6.42 Å². The number of aliphatic carboxylic acids is 1. The van der Waals surface area contributed by atoms with E-state index in [4.69, 9.17) is 10.2 Å². The Morgan fingerprint density at radius 2 is 2.11 bits per heavy atom. The summed E-state index contributed by atoms with van der Waals surface area (Å²) in [6.07, 6.45) is 1.08. The van der Waals surface area contributed by atoms with Gasteiger partial charge in [-0.2, -0.15) is 0 Å². The van der Waals surface area contributed by atoms with Gasteiger partial charge >= 0.3 is 11.9 Å². The molecule has 1 aromatic rings. The largest absolute Gasteiger partial charge is 0.481 e. The fourth-order valence-corrected chi connectivity index (χ4v) is 2.06. The Bertz CT molecular complexity index is 576. The maximum Gasteiger partial charge on any atom is 0.358 e. The molecule has 1 aromatic heterocycles. The Labute approximate surface area is 115 Å². The number of hydrogen-bond acceptors (Lipinski definition) is 5. The molecule has 1 fully saturated rings. The quantitative estimate of drug-likeness (QED) is 0.821. The van der Waals surface area contributed by atoms with Crippen molar-refractivity contribution in [2.75, 3.05) is 11.4 Å². The zero-order chi connectivity index (χ0) is 14.2. The van der Waals surface area contributed by atoms with Crippen molar-refractivity contribution in [1.29, 1.82) is 0 Å². The number of aromatic carboxylic acids is 1. The molecule has 0 saturated carbocycles. The van der Waals surface area contributed by atoms with Crippen LogP contribution in [0, 0.1) is 5.92 Å². The SMILES string of the molecule is O=C(O)c1nc(Br)cnc1N1CC(C(=O)O)CC1=O. The van der Waals surface area contributed by atoms with E-state index in [1.54, 1.807) is 0 Å². The number of carbonyl (C=O) groups excluding carboxylic acids is 1. The molecule has 9 heteroatoms. The molecule has 8 nitrogen and oxygen atoms in total. The molecule has 0 aromatic carbocycles. The summed E-state index contributed by atoms with van der Waals surface area (Å²) < 4.78 is 0.218. The van der Waals surface area contributed by atoms with Gasteiger partial charge in [-0.05, 0) is 15.9 Å². The van der Waals surface area contributed by atoms with Gasteiger partial charge in [0, 0.05) is 13.0 Å². The first-order chi connectivity index (χ1) is 8.90. The van der Waals surface area contributed by atoms with E-state index < -0.39 is 29.5 Å². The number of hydrogen-bond donors (Lipinski definition) is 2. The van der Waals surface area contributed by atoms with Crippen LogP contribution in [0.4, 0.5) is 5.82 Å². The third-order valence-corrected chi connectivity index (χ3v) is 3.04. The molecule has 2 N–H and O–H groups in total. The first kappa shape index (κ1) is 13.4. The summed E-state index contributed by atoms with van der Waals surface area (Å²) in [5.41, 5.74) is -0.395. The summed E-state index contributed by atoms with van der Waals surface area (Å²) in [7, 11) is 0. The highest BCUT2D eigenvalue weighted by Gasteiger charge is 2.37. The van der Waals surface area contributed by atoms with Gasteiger partial charge in [-0.1, -0.05) is 0 Å². The maximum absolute atomic E-state index is 11.7. The summed E-state index contributed by atoms with van der Waals surface area (Å²) >= 11 is 2.99. The first-order valence-corrected chi connectivity index (χ1v) is 5.98. The number of anilines is 1. The van der Waals surface area contributed by atoms with Crippen LogP contribution >= 0.6 is 15.9 Å². The fraction of sp³-hybridized carbons (Fsp3) is 0.300. The smallest absolute Gasteiger partial charge is 0.358 e. The number of rotatable bonds is 3. The van der Waals surface area contributed by atoms with E-state index in [1.165, 1.54) is 6.20 Å². The fourth-order valence-electron chi connectivity index (χ4n) is 1.78. The number of aromatic nitrogens is 2. The average molecular weight is 330 g/mol. The lowest BCUT2D eigenvalue weighted by molar-refractivity contribution is -0.141. The standard InChI is InChI=1S/C10H8BrN3O5/c11-5-2-12-8(7(13-5)10(18)19)14-3-4(9(16)17)1-6(14)15/h2,4H,1,3H2,(H,16,17)(H,18,19). The molecule has 2 heterocycles. The van der Waals surface area contributed by atoms with E-state index in [9.17, 15) is 14.4 Å². The highest BCUT2D eigenvalue weighted by atomic mass is 79.9. The van der Waals surface area contributed by atoms with Crippen LogP contribution < -0.4 is 4.90 Å². The Morgan fingerprint density at radius 1 is 1.42 bits per heavy atom. The lowest BCUT2D eigenvalue weighted by atomic mass is 10.1. The van der Waals surface area contributed by atoms with Crippen LogP contribution in [-0.4, -0.2) is 44.6 Å². The van der Waals surface area contributed by atoms with Gasteiger partial charge in [0.05, 0.1) is 12.1 Å². The topological polar surface area (TPSA) is 121 Å². The second-order valence-corrected chi connectivity index (χ2v) is 4.73. The lowest BCUT2D eigenvalue weighted by Crippen LogP contribution is -2.29. The zero-order valence-electron chi connectivity index (χ0n) is 9.41. The molecule has 1 saturated heterocycles. The van der Waals surface area contributed by atoms with E-state index in [0.717, 1.165) is 4.90 Å². The van der Waals surface area contributed by atoms with Gasteiger partial charge in [-0.15, -0.1) is 0 Å². The number of carboxylic acids is 2. The number of halogens is 1. The van der Waals surface area contributed by atoms with E-state index in [2.05, 4.69) is 25.9 Å². The molecule has 100 valence electrons. The highest BCUT2D eigenvalue weighted by Crippen LogP contribution is 2.26. The van der Waals surface area contributed by atoms with E-state index in [-0.39, 0.29) is 23.4 Å². The van der Waals surface area contributed by atoms with Crippen molar-refractivity contribution in [1.82, 2.24) is 9.97 Å². The number of amides is 1. The molecule has 2 rings (SSSR count). The van der Waals surface area contributed by atoms with Crippen molar-refractivity contribution in [2.24, 2.45) is 5.92 Å². The van der Waals surface area contributed by atoms with Crippen LogP contribution in [0.2, 0.25) is 0 Å². The Hall–Kier alpha value is -2.03. The van der Waals surface area contributed by atoms with Gasteiger partial charge in [0.25, 0.3) is 0 Å². The summed E-state index contributed by atoms with van der Waals surface area (Å²) in [6, 6.07) is 0. The van der Waals surface area contributed by atoms with Crippen LogP contribution in [0.25, 0.3) is 0 Å². The highest BCUT2D eigenvalue weighted by molar-refractivity contribution is 9.10. The number of carbonyl (C=O) groups is 3. The molecule has 1 atom stereocenters. The normalized spacial score (nSPS) is 18.7. The monoisotopic (exact) mass is 329 g/mol. The van der Waals surface area contributed by atoms with Gasteiger partial charge in [-0.25, -0.2) is 14.8 Å². The van der Waals surface area contributed by atoms with Gasteiger partial charge < -0.3 is 10.2 Å². The molecular formula is C10H8BrN3O5. The molecular weight excluding hydrogens is 322 g/mol. The third kappa shape index (κ3) is 2.55. The van der Waals surface area contributed by atoms with E-state index in [0.29, 0.717) is 0 Å². The van der Waals surface area contributed by atoms with Gasteiger partial charge in [0.15, 0.2) is 11.5 Å². The Morgan fingerprint density at radius 3 is 2.63 bits per heavy atom. The molecule has 1 aliphatic heterocycles. The first-order valence-electron chi connectivity index (χ1n) is 5.19. The summed E-state index contributed by atoms with van der Waals surface area (Å²) in [5, 5.41) is 17.9. The third-order valence-electron chi connectivity index (χ3n) is 2.66. The maximum atomic E-state index is 11.7. The number of carboxylic acid groups (broad SMARTS) is 2. The summed E-state index contributed by atoms with van der Waals surface area (Å²) in [5.74, 6) is -3.91. The summed E-state index contributed by atoms with van der Waals surface area (Å²) in [4.78, 5) is 42.3. The van der Waals surface area contributed by atoms with Crippen LogP contribution in [0.3, 0.4) is 0 Å². The van der Waals surface area contributed by atoms with Crippen molar-refractivity contribution in [3.05, 3.63) is 16.5 Å². The van der Waals surface area contributed by atoms with Gasteiger partial charge in [0.2, 0.25) is 5.91 Å². The molecule has 0 bridgehead atoms. The molecule has 0 aliphatic carbocycles. The van der Waals surface area contributed by atoms with Gasteiger partial charge in [-0.3, -0.25) is 14.5 Å². The predicted molar refractivity (Wildman–Crippen MR) is 64.8 cm³/mol. The molecule has 0 spiro atoms. The molecule has 19 heavy (non-hydrogen) atoms. The number of nitrogens with zero attached hydrogens (tertiary/aromatic N) is 3. The van der Waals surface area contributed by atoms with E-state index in [1.807, 2.05) is 0 Å². The van der Waals surface area contributed by atoms with Crippen LogP contribution in [0.1, 0.15) is 16.9 Å². The Kier molecular flexibility index (Phi) is 3.47. The molecule has 1 unspecified atom stereocenters. The van der Waals surface area contributed by atoms with Gasteiger partial charge in [0.1, 0.15) is 4.60 Å². The van der Waals surface area contributed by atoms with Crippen molar-refractivity contribution < 1.29 is 24.6 Å².